The number of aryl methyl sites for hydroxylation is 1. The van der Waals surface area contributed by atoms with Crippen LogP contribution in [0.1, 0.15) is 87.0 Å². The Morgan fingerprint density at radius 2 is 1.85 bits per heavy atom. The van der Waals surface area contributed by atoms with Crippen molar-refractivity contribution in [2.75, 3.05) is 0 Å². The van der Waals surface area contributed by atoms with Gasteiger partial charge in [0.2, 0.25) is 0 Å². The molecule has 0 amide bonds. The standard InChI is InChI=1S/C23H28N2O/c1-3-5-16-7-9-17(10-8-16)20-13-18-11-12-19(6-4-2)26-23(18)22(15-25)21(20)14-24/h3,5,13,16-17,19H,4,6-12H2,1-2H3. The minimum atomic E-state index is 0.174. The number of ether oxygens (including phenoxy) is 1. The Labute approximate surface area is 157 Å². The lowest BCUT2D eigenvalue weighted by Gasteiger charge is -2.31. The predicted molar refractivity (Wildman–Crippen MR) is 103 cm³/mol. The predicted octanol–water partition coefficient (Wildman–Crippen LogP) is 5.77. The van der Waals surface area contributed by atoms with Gasteiger partial charge in [-0.25, -0.2) is 0 Å². The fourth-order valence-corrected chi connectivity index (χ4v) is 4.58. The molecule has 1 atom stereocenters. The van der Waals surface area contributed by atoms with Crippen molar-refractivity contribution in [3.63, 3.8) is 0 Å². The van der Waals surface area contributed by atoms with Crippen LogP contribution in [0.25, 0.3) is 0 Å². The topological polar surface area (TPSA) is 56.8 Å². The summed E-state index contributed by atoms with van der Waals surface area (Å²) in [6.45, 7) is 4.23. The van der Waals surface area contributed by atoms with Gasteiger partial charge in [0.15, 0.2) is 0 Å². The lowest BCUT2D eigenvalue weighted by molar-refractivity contribution is 0.162. The summed E-state index contributed by atoms with van der Waals surface area (Å²) in [4.78, 5) is 0. The molecule has 1 aromatic rings. The molecular weight excluding hydrogens is 320 g/mol. The summed E-state index contributed by atoms with van der Waals surface area (Å²) in [5.74, 6) is 1.73. The van der Waals surface area contributed by atoms with Gasteiger partial charge in [-0.15, -0.1) is 0 Å². The van der Waals surface area contributed by atoms with Gasteiger partial charge in [0.1, 0.15) is 23.5 Å². The Morgan fingerprint density at radius 1 is 1.12 bits per heavy atom. The molecule has 1 aliphatic carbocycles. The van der Waals surface area contributed by atoms with E-state index in [4.69, 9.17) is 4.74 Å². The van der Waals surface area contributed by atoms with Crippen LogP contribution >= 0.6 is 0 Å². The fourth-order valence-electron chi connectivity index (χ4n) is 4.58. The number of benzene rings is 1. The van der Waals surface area contributed by atoms with E-state index in [0.29, 0.717) is 28.7 Å². The summed E-state index contributed by atoms with van der Waals surface area (Å²) in [5.41, 5.74) is 3.23. The van der Waals surface area contributed by atoms with Crippen LogP contribution in [0.4, 0.5) is 0 Å². The average molecular weight is 348 g/mol. The third-order valence-corrected chi connectivity index (χ3v) is 5.92. The van der Waals surface area contributed by atoms with Crippen molar-refractivity contribution >= 4 is 0 Å². The van der Waals surface area contributed by atoms with E-state index in [0.717, 1.165) is 62.5 Å². The molecule has 1 heterocycles. The number of allylic oxidation sites excluding steroid dienone is 2. The molecule has 1 aliphatic heterocycles. The van der Waals surface area contributed by atoms with Crippen molar-refractivity contribution in [1.29, 1.82) is 10.5 Å². The quantitative estimate of drug-likeness (QED) is 0.649. The summed E-state index contributed by atoms with van der Waals surface area (Å²) in [7, 11) is 0. The van der Waals surface area contributed by atoms with Gasteiger partial charge in [-0.2, -0.15) is 10.5 Å². The van der Waals surface area contributed by atoms with E-state index in [-0.39, 0.29) is 6.10 Å². The molecule has 136 valence electrons. The molecule has 0 N–H and O–H groups in total. The first-order valence-corrected chi connectivity index (χ1v) is 10.0. The molecule has 0 spiro atoms. The number of nitrogens with zero attached hydrogens (tertiary/aromatic N) is 2. The summed E-state index contributed by atoms with van der Waals surface area (Å²) >= 11 is 0. The first-order chi connectivity index (χ1) is 12.7. The molecule has 3 nitrogen and oxygen atoms in total. The van der Waals surface area contributed by atoms with E-state index in [2.05, 4.69) is 44.2 Å². The van der Waals surface area contributed by atoms with E-state index < -0.39 is 0 Å². The Morgan fingerprint density at radius 3 is 2.46 bits per heavy atom. The molecule has 0 radical (unpaired) electrons. The highest BCUT2D eigenvalue weighted by molar-refractivity contribution is 5.62. The van der Waals surface area contributed by atoms with Gasteiger partial charge in [0, 0.05) is 0 Å². The summed E-state index contributed by atoms with van der Waals surface area (Å²) in [6.07, 6.45) is 13.1. The first-order valence-electron chi connectivity index (χ1n) is 10.0. The van der Waals surface area contributed by atoms with Gasteiger partial charge in [-0.05, 0) is 74.8 Å². The summed E-state index contributed by atoms with van der Waals surface area (Å²) < 4.78 is 6.15. The molecule has 3 heteroatoms. The molecule has 0 aromatic heterocycles. The van der Waals surface area contributed by atoms with Crippen molar-refractivity contribution < 1.29 is 4.74 Å². The molecule has 1 saturated carbocycles. The molecule has 1 unspecified atom stereocenters. The monoisotopic (exact) mass is 348 g/mol. The number of hydrogen-bond donors (Lipinski definition) is 0. The van der Waals surface area contributed by atoms with E-state index in [1.807, 2.05) is 0 Å². The Kier molecular flexibility index (Phi) is 6.00. The Balaban J connectivity index is 1.93. The zero-order valence-corrected chi connectivity index (χ0v) is 15.9. The number of rotatable bonds is 4. The largest absolute Gasteiger partial charge is 0.489 e. The minimum absolute atomic E-state index is 0.174. The van der Waals surface area contributed by atoms with Gasteiger partial charge in [0.25, 0.3) is 0 Å². The SMILES string of the molecule is CC=CC1CCC(c2cc3c(c(C#N)c2C#N)OC(CCC)CC3)CC1. The maximum atomic E-state index is 9.80. The third-order valence-electron chi connectivity index (χ3n) is 5.92. The van der Waals surface area contributed by atoms with Crippen molar-refractivity contribution in [1.82, 2.24) is 0 Å². The van der Waals surface area contributed by atoms with Crippen LogP contribution in [0.3, 0.4) is 0 Å². The van der Waals surface area contributed by atoms with Crippen molar-refractivity contribution in [3.05, 3.63) is 40.5 Å². The van der Waals surface area contributed by atoms with E-state index in [1.54, 1.807) is 0 Å². The van der Waals surface area contributed by atoms with Crippen LogP contribution < -0.4 is 4.74 Å². The van der Waals surface area contributed by atoms with E-state index >= 15 is 0 Å². The first kappa shape index (κ1) is 18.5. The number of nitriles is 2. The smallest absolute Gasteiger partial charge is 0.142 e. The molecule has 3 rings (SSSR count). The second-order valence-electron chi connectivity index (χ2n) is 7.63. The van der Waals surface area contributed by atoms with Crippen LogP contribution in [0.5, 0.6) is 5.75 Å². The number of fused-ring (bicyclic) bond motifs is 1. The van der Waals surface area contributed by atoms with Gasteiger partial charge in [-0.1, -0.05) is 31.6 Å². The van der Waals surface area contributed by atoms with Crippen LogP contribution in [0.2, 0.25) is 0 Å². The lowest BCUT2D eigenvalue weighted by atomic mass is 9.76. The normalized spacial score (nSPS) is 25.2. The van der Waals surface area contributed by atoms with Crippen LogP contribution in [0, 0.1) is 28.6 Å². The van der Waals surface area contributed by atoms with Gasteiger partial charge in [0.05, 0.1) is 11.7 Å². The fraction of sp³-hybridized carbons (Fsp3) is 0.565. The third kappa shape index (κ3) is 3.63. The minimum Gasteiger partial charge on any atom is -0.489 e. The lowest BCUT2D eigenvalue weighted by Crippen LogP contribution is -2.24. The molecule has 0 saturated heterocycles. The molecule has 1 fully saturated rings. The van der Waals surface area contributed by atoms with Crippen LogP contribution in [0.15, 0.2) is 18.2 Å². The van der Waals surface area contributed by atoms with E-state index in [1.165, 1.54) is 0 Å². The van der Waals surface area contributed by atoms with E-state index in [9.17, 15) is 10.5 Å². The van der Waals surface area contributed by atoms with Gasteiger partial charge >= 0.3 is 0 Å². The summed E-state index contributed by atoms with van der Waals surface area (Å²) in [6, 6.07) is 6.79. The highest BCUT2D eigenvalue weighted by Gasteiger charge is 2.30. The van der Waals surface area contributed by atoms with Gasteiger partial charge < -0.3 is 4.74 Å². The van der Waals surface area contributed by atoms with Crippen molar-refractivity contribution in [2.24, 2.45) is 5.92 Å². The zero-order chi connectivity index (χ0) is 18.5. The van der Waals surface area contributed by atoms with Crippen molar-refractivity contribution in [2.45, 2.75) is 77.2 Å². The molecule has 1 aromatic carbocycles. The second kappa shape index (κ2) is 8.41. The molecular formula is C23H28N2O. The van der Waals surface area contributed by atoms with Crippen LogP contribution in [-0.2, 0) is 6.42 Å². The van der Waals surface area contributed by atoms with Crippen molar-refractivity contribution in [3.8, 4) is 17.9 Å². The Bertz CT molecular complexity index is 758. The molecule has 26 heavy (non-hydrogen) atoms. The highest BCUT2D eigenvalue weighted by atomic mass is 16.5. The van der Waals surface area contributed by atoms with Crippen LogP contribution in [-0.4, -0.2) is 6.10 Å². The maximum Gasteiger partial charge on any atom is 0.142 e. The number of hydrogen-bond acceptors (Lipinski definition) is 3. The second-order valence-corrected chi connectivity index (χ2v) is 7.63. The summed E-state index contributed by atoms with van der Waals surface area (Å²) in [5, 5.41) is 19.6. The zero-order valence-electron chi connectivity index (χ0n) is 15.9. The highest BCUT2D eigenvalue weighted by Crippen LogP contribution is 2.43. The average Bonchev–Trinajstić information content (AvgIpc) is 2.67. The van der Waals surface area contributed by atoms with Gasteiger partial charge in [-0.3, -0.25) is 0 Å². The molecule has 0 bridgehead atoms. The molecule has 2 aliphatic rings. The maximum absolute atomic E-state index is 9.80. The Hall–Kier alpha value is -2.26.